The first-order chi connectivity index (χ1) is 10.9. The van der Waals surface area contributed by atoms with Gasteiger partial charge in [0.2, 0.25) is 0 Å². The summed E-state index contributed by atoms with van der Waals surface area (Å²) in [5.74, 6) is 1.48. The molecule has 1 aromatic heterocycles. The highest BCUT2D eigenvalue weighted by Gasteiger charge is 2.59. The van der Waals surface area contributed by atoms with Gasteiger partial charge in [-0.2, -0.15) is 0 Å². The van der Waals surface area contributed by atoms with Gasteiger partial charge in [-0.25, -0.2) is 0 Å². The fourth-order valence-electron chi connectivity index (χ4n) is 3.74. The zero-order valence-corrected chi connectivity index (χ0v) is 16.5. The largest absolute Gasteiger partial charge is 0.454 e. The predicted octanol–water partition coefficient (Wildman–Crippen LogP) is 1.47. The van der Waals surface area contributed by atoms with E-state index in [1.807, 2.05) is 0 Å². The van der Waals surface area contributed by atoms with Gasteiger partial charge in [-0.1, -0.05) is 13.8 Å². The first-order valence-corrected chi connectivity index (χ1v) is 7.90. The summed E-state index contributed by atoms with van der Waals surface area (Å²) >= 11 is 0. The molecule has 3 unspecified atom stereocenters. The van der Waals surface area contributed by atoms with E-state index >= 15 is 0 Å². The standard InChI is InChI=1S/C16H24N4O3.HI/c1-16(2)12(10-6-7-22-13(10)16)20-15(18-3)19-8-9-4-5-11(23-9)14(17)21;/h4-5,10,12-13H,6-8H2,1-3H3,(H2,17,21)(H2,18,19,20);1H. The number of nitrogens with zero attached hydrogens (tertiary/aromatic N) is 1. The Morgan fingerprint density at radius 3 is 2.83 bits per heavy atom. The Hall–Kier alpha value is -1.29. The lowest BCUT2D eigenvalue weighted by Gasteiger charge is -2.54. The molecule has 24 heavy (non-hydrogen) atoms. The molecule has 1 amide bonds. The highest BCUT2D eigenvalue weighted by molar-refractivity contribution is 14.0. The van der Waals surface area contributed by atoms with Gasteiger partial charge < -0.3 is 25.5 Å². The van der Waals surface area contributed by atoms with Gasteiger partial charge >= 0.3 is 0 Å². The summed E-state index contributed by atoms with van der Waals surface area (Å²) in [4.78, 5) is 15.3. The summed E-state index contributed by atoms with van der Waals surface area (Å²) in [6, 6.07) is 3.64. The molecule has 2 heterocycles. The monoisotopic (exact) mass is 448 g/mol. The quantitative estimate of drug-likeness (QED) is 0.368. The van der Waals surface area contributed by atoms with Crippen LogP contribution in [-0.4, -0.2) is 37.7 Å². The summed E-state index contributed by atoms with van der Waals surface area (Å²) < 4.78 is 11.2. The topological polar surface area (TPSA) is 102 Å². The second-order valence-corrected chi connectivity index (χ2v) is 6.74. The number of hydrogen-bond donors (Lipinski definition) is 3. The van der Waals surface area contributed by atoms with E-state index in [4.69, 9.17) is 14.9 Å². The predicted molar refractivity (Wildman–Crippen MR) is 101 cm³/mol. The molecule has 2 fully saturated rings. The van der Waals surface area contributed by atoms with E-state index in [-0.39, 0.29) is 35.2 Å². The average molecular weight is 448 g/mol. The first kappa shape index (κ1) is 19.0. The van der Waals surface area contributed by atoms with Crippen molar-refractivity contribution < 1.29 is 13.9 Å². The van der Waals surface area contributed by atoms with Crippen LogP contribution in [0, 0.1) is 11.3 Å². The minimum absolute atomic E-state index is 0. The summed E-state index contributed by atoms with van der Waals surface area (Å²) in [5, 5.41) is 6.70. The molecule has 0 aromatic carbocycles. The number of hydrogen-bond acceptors (Lipinski definition) is 4. The van der Waals surface area contributed by atoms with Crippen molar-refractivity contribution in [2.24, 2.45) is 22.1 Å². The number of guanidine groups is 1. The van der Waals surface area contributed by atoms with E-state index in [0.29, 0.717) is 36.3 Å². The molecule has 8 heteroatoms. The van der Waals surface area contributed by atoms with E-state index in [0.717, 1.165) is 13.0 Å². The van der Waals surface area contributed by atoms with Crippen LogP contribution < -0.4 is 16.4 Å². The molecule has 1 saturated carbocycles. The Labute approximate surface area is 158 Å². The molecular formula is C16H25IN4O3. The number of nitrogens with one attached hydrogen (secondary N) is 2. The van der Waals surface area contributed by atoms with Crippen LogP contribution in [0.1, 0.15) is 36.6 Å². The number of halogens is 1. The lowest BCUT2D eigenvalue weighted by molar-refractivity contribution is -0.106. The number of aliphatic imine (C=N–C) groups is 1. The molecule has 134 valence electrons. The Morgan fingerprint density at radius 2 is 2.21 bits per heavy atom. The van der Waals surface area contributed by atoms with Crippen molar-refractivity contribution in [1.82, 2.24) is 10.6 Å². The normalized spacial score (nSPS) is 27.6. The molecule has 1 saturated heterocycles. The van der Waals surface area contributed by atoms with E-state index in [1.165, 1.54) is 0 Å². The highest BCUT2D eigenvalue weighted by Crippen LogP contribution is 2.52. The van der Waals surface area contributed by atoms with Crippen molar-refractivity contribution in [3.63, 3.8) is 0 Å². The van der Waals surface area contributed by atoms with Crippen molar-refractivity contribution in [3.8, 4) is 0 Å². The van der Waals surface area contributed by atoms with Gasteiger partial charge in [0.1, 0.15) is 5.76 Å². The molecule has 3 rings (SSSR count). The van der Waals surface area contributed by atoms with Gasteiger partial charge in [-0.15, -0.1) is 24.0 Å². The second kappa shape index (κ2) is 7.30. The number of carbonyl (C=O) groups is 1. The summed E-state index contributed by atoms with van der Waals surface area (Å²) in [7, 11) is 1.74. The summed E-state index contributed by atoms with van der Waals surface area (Å²) in [6.07, 6.45) is 1.42. The number of amides is 1. The number of fused-ring (bicyclic) bond motifs is 1. The van der Waals surface area contributed by atoms with E-state index in [1.54, 1.807) is 19.2 Å². The molecule has 2 aliphatic rings. The summed E-state index contributed by atoms with van der Waals surface area (Å²) in [5.41, 5.74) is 5.26. The number of furan rings is 1. The molecule has 7 nitrogen and oxygen atoms in total. The van der Waals surface area contributed by atoms with Gasteiger partial charge in [0.15, 0.2) is 11.7 Å². The Bertz CT molecular complexity index is 629. The van der Waals surface area contributed by atoms with Crippen LogP contribution in [0.5, 0.6) is 0 Å². The minimum atomic E-state index is -0.567. The molecule has 0 bridgehead atoms. The third kappa shape index (κ3) is 3.39. The average Bonchev–Trinajstić information content (AvgIpc) is 3.15. The maximum Gasteiger partial charge on any atom is 0.284 e. The minimum Gasteiger partial charge on any atom is -0.454 e. The SMILES string of the molecule is CN=C(NCc1ccc(C(N)=O)o1)NC1C2CCOC2C1(C)C.I. The van der Waals surface area contributed by atoms with Gasteiger partial charge in [0.05, 0.1) is 12.6 Å². The van der Waals surface area contributed by atoms with Gasteiger partial charge in [-0.05, 0) is 18.6 Å². The van der Waals surface area contributed by atoms with Gasteiger partial charge in [0, 0.05) is 31.0 Å². The highest BCUT2D eigenvalue weighted by atomic mass is 127. The molecule has 0 spiro atoms. The van der Waals surface area contributed by atoms with E-state index in [2.05, 4.69) is 29.5 Å². The third-order valence-corrected chi connectivity index (χ3v) is 4.95. The number of rotatable bonds is 4. The first-order valence-electron chi connectivity index (χ1n) is 7.90. The van der Waals surface area contributed by atoms with Crippen molar-refractivity contribution in [1.29, 1.82) is 0 Å². The smallest absolute Gasteiger partial charge is 0.284 e. The van der Waals surface area contributed by atoms with Crippen LogP contribution >= 0.6 is 24.0 Å². The fraction of sp³-hybridized carbons (Fsp3) is 0.625. The Kier molecular flexibility index (Phi) is 5.79. The molecule has 4 N–H and O–H groups in total. The zero-order chi connectivity index (χ0) is 16.6. The number of ether oxygens (including phenoxy) is 1. The van der Waals surface area contributed by atoms with Crippen LogP contribution in [0.3, 0.4) is 0 Å². The maximum absolute atomic E-state index is 11.0. The molecular weight excluding hydrogens is 423 g/mol. The lowest BCUT2D eigenvalue weighted by Crippen LogP contribution is -2.67. The molecule has 1 aliphatic carbocycles. The Balaban J connectivity index is 0.00000208. The Morgan fingerprint density at radius 1 is 1.46 bits per heavy atom. The molecule has 1 aliphatic heterocycles. The van der Waals surface area contributed by atoms with Crippen molar-refractivity contribution in [3.05, 3.63) is 23.7 Å². The number of carbonyl (C=O) groups excluding carboxylic acids is 1. The number of nitrogens with two attached hydrogens (primary N) is 1. The summed E-state index contributed by atoms with van der Waals surface area (Å²) in [6.45, 7) is 5.71. The van der Waals surface area contributed by atoms with Crippen LogP contribution in [0.15, 0.2) is 21.5 Å². The molecule has 3 atom stereocenters. The third-order valence-electron chi connectivity index (χ3n) is 4.95. The van der Waals surface area contributed by atoms with Gasteiger partial charge in [0.25, 0.3) is 5.91 Å². The fourth-order valence-corrected chi connectivity index (χ4v) is 3.74. The molecule has 1 aromatic rings. The van der Waals surface area contributed by atoms with Crippen LogP contribution in [0.4, 0.5) is 0 Å². The van der Waals surface area contributed by atoms with Gasteiger partial charge in [-0.3, -0.25) is 9.79 Å². The molecule has 0 radical (unpaired) electrons. The van der Waals surface area contributed by atoms with Crippen molar-refractivity contribution in [2.45, 2.75) is 39.0 Å². The maximum atomic E-state index is 11.0. The van der Waals surface area contributed by atoms with E-state index in [9.17, 15) is 4.79 Å². The van der Waals surface area contributed by atoms with Crippen molar-refractivity contribution >= 4 is 35.8 Å². The van der Waals surface area contributed by atoms with E-state index < -0.39 is 5.91 Å². The van der Waals surface area contributed by atoms with Crippen LogP contribution in [0.2, 0.25) is 0 Å². The second-order valence-electron chi connectivity index (χ2n) is 6.74. The number of primary amides is 1. The van der Waals surface area contributed by atoms with Crippen molar-refractivity contribution in [2.75, 3.05) is 13.7 Å². The van der Waals surface area contributed by atoms with Crippen LogP contribution in [0.25, 0.3) is 0 Å². The zero-order valence-electron chi connectivity index (χ0n) is 14.2. The lowest BCUT2D eigenvalue weighted by atomic mass is 9.57. The van der Waals surface area contributed by atoms with Crippen LogP contribution in [-0.2, 0) is 11.3 Å².